The van der Waals surface area contributed by atoms with E-state index in [1.807, 2.05) is 38.1 Å². The van der Waals surface area contributed by atoms with Crippen molar-refractivity contribution < 1.29 is 13.2 Å². The molecular formula is C21H25N3O3S. The van der Waals surface area contributed by atoms with Crippen molar-refractivity contribution in [2.24, 2.45) is 0 Å². The van der Waals surface area contributed by atoms with Crippen molar-refractivity contribution in [3.8, 4) is 5.75 Å². The van der Waals surface area contributed by atoms with Gasteiger partial charge in [0.2, 0.25) is 10.0 Å². The lowest BCUT2D eigenvalue weighted by molar-refractivity contribution is 0.340. The van der Waals surface area contributed by atoms with Gasteiger partial charge in [0.15, 0.2) is 0 Å². The molecule has 0 bridgehead atoms. The molecule has 3 aromatic rings. The Kier molecular flexibility index (Phi) is 5.86. The third-order valence-electron chi connectivity index (χ3n) is 4.05. The van der Waals surface area contributed by atoms with Crippen LogP contribution in [0.4, 0.5) is 11.4 Å². The lowest BCUT2D eigenvalue weighted by Gasteiger charge is -2.13. The predicted octanol–water partition coefficient (Wildman–Crippen LogP) is 4.37. The second-order valence-corrected chi connectivity index (χ2v) is 8.56. The molecule has 148 valence electrons. The summed E-state index contributed by atoms with van der Waals surface area (Å²) in [4.78, 5) is 4.81. The molecule has 0 atom stereocenters. The summed E-state index contributed by atoms with van der Waals surface area (Å²) in [6, 6.07) is 14.3. The largest absolute Gasteiger partial charge is 0.494 e. The summed E-state index contributed by atoms with van der Waals surface area (Å²) in [7, 11) is -3.51. The van der Waals surface area contributed by atoms with Gasteiger partial charge in [-0.1, -0.05) is 0 Å². The summed E-state index contributed by atoms with van der Waals surface area (Å²) in [6.45, 7) is 8.06. The minimum absolute atomic E-state index is 0.159. The monoisotopic (exact) mass is 399 g/mol. The number of sulfonamides is 1. The highest BCUT2D eigenvalue weighted by molar-refractivity contribution is 7.89. The van der Waals surface area contributed by atoms with Gasteiger partial charge in [-0.05, 0) is 76.2 Å². The van der Waals surface area contributed by atoms with Crippen molar-refractivity contribution in [3.63, 3.8) is 0 Å². The summed E-state index contributed by atoms with van der Waals surface area (Å²) >= 11 is 0. The molecule has 1 heterocycles. The van der Waals surface area contributed by atoms with Crippen LogP contribution in [0.5, 0.6) is 5.75 Å². The number of nitrogens with zero attached hydrogens (tertiary/aromatic N) is 1. The first-order valence-electron chi connectivity index (χ1n) is 9.22. The Morgan fingerprint density at radius 1 is 1.07 bits per heavy atom. The second-order valence-electron chi connectivity index (χ2n) is 6.85. The van der Waals surface area contributed by atoms with Gasteiger partial charge in [0.25, 0.3) is 0 Å². The van der Waals surface area contributed by atoms with Crippen molar-refractivity contribution in [3.05, 3.63) is 54.2 Å². The van der Waals surface area contributed by atoms with Gasteiger partial charge in [-0.25, -0.2) is 13.1 Å². The standard InChI is InChI=1S/C21H25N3O3S/c1-5-27-17-8-11-20-19(13-17)21(12-15(4)22-20)23-16-6-9-18(10-7-16)28(25,26)24-14(2)3/h6-14,24H,5H2,1-4H3,(H,22,23). The molecule has 0 radical (unpaired) electrons. The summed E-state index contributed by atoms with van der Waals surface area (Å²) < 4.78 is 32.7. The van der Waals surface area contributed by atoms with E-state index in [0.717, 1.165) is 33.7 Å². The number of hydrogen-bond donors (Lipinski definition) is 2. The Hall–Kier alpha value is -2.64. The molecule has 2 N–H and O–H groups in total. The molecule has 0 saturated heterocycles. The van der Waals surface area contributed by atoms with Crippen molar-refractivity contribution in [1.29, 1.82) is 0 Å². The molecule has 2 aromatic carbocycles. The van der Waals surface area contributed by atoms with E-state index < -0.39 is 10.0 Å². The first-order chi connectivity index (χ1) is 13.3. The number of fused-ring (bicyclic) bond motifs is 1. The Bertz CT molecular complexity index is 1080. The number of rotatable bonds is 7. The Morgan fingerprint density at radius 3 is 2.43 bits per heavy atom. The number of benzene rings is 2. The highest BCUT2D eigenvalue weighted by Gasteiger charge is 2.15. The zero-order chi connectivity index (χ0) is 20.3. The molecule has 0 saturated carbocycles. The Labute approximate surface area is 166 Å². The van der Waals surface area contributed by atoms with Crippen LogP contribution >= 0.6 is 0 Å². The SMILES string of the molecule is CCOc1ccc2nc(C)cc(Nc3ccc(S(=O)(=O)NC(C)C)cc3)c2c1. The molecule has 0 aliphatic rings. The quantitative estimate of drug-likeness (QED) is 0.617. The van der Waals surface area contributed by atoms with Gasteiger partial charge in [-0.2, -0.15) is 0 Å². The summed E-state index contributed by atoms with van der Waals surface area (Å²) in [5, 5.41) is 4.31. The predicted molar refractivity (Wildman–Crippen MR) is 113 cm³/mol. The zero-order valence-electron chi connectivity index (χ0n) is 16.5. The molecule has 0 fully saturated rings. The van der Waals surface area contributed by atoms with Crippen LogP contribution < -0.4 is 14.8 Å². The Balaban J connectivity index is 1.93. The van der Waals surface area contributed by atoms with E-state index in [9.17, 15) is 8.42 Å². The van der Waals surface area contributed by atoms with Crippen molar-refractivity contribution in [2.45, 2.75) is 38.6 Å². The van der Waals surface area contributed by atoms with Gasteiger partial charge in [0.05, 0.1) is 17.0 Å². The van der Waals surface area contributed by atoms with Crippen LogP contribution in [0.1, 0.15) is 26.5 Å². The summed E-state index contributed by atoms with van der Waals surface area (Å²) in [5.74, 6) is 0.782. The van der Waals surface area contributed by atoms with Gasteiger partial charge >= 0.3 is 0 Å². The molecule has 0 unspecified atom stereocenters. The van der Waals surface area contributed by atoms with Gasteiger partial charge in [-0.15, -0.1) is 0 Å². The average molecular weight is 400 g/mol. The number of pyridine rings is 1. The Morgan fingerprint density at radius 2 is 1.79 bits per heavy atom. The molecule has 6 nitrogen and oxygen atoms in total. The lowest BCUT2D eigenvalue weighted by Crippen LogP contribution is -2.30. The number of aryl methyl sites for hydroxylation is 1. The van der Waals surface area contributed by atoms with Crippen molar-refractivity contribution in [1.82, 2.24) is 9.71 Å². The number of hydrogen-bond acceptors (Lipinski definition) is 5. The fraction of sp³-hybridized carbons (Fsp3) is 0.286. The minimum Gasteiger partial charge on any atom is -0.494 e. The first-order valence-corrected chi connectivity index (χ1v) is 10.7. The molecule has 0 aliphatic carbocycles. The van der Waals surface area contributed by atoms with E-state index in [1.54, 1.807) is 38.1 Å². The van der Waals surface area contributed by atoms with Crippen LogP contribution in [0.15, 0.2) is 53.4 Å². The van der Waals surface area contributed by atoms with E-state index in [0.29, 0.717) is 6.61 Å². The summed E-state index contributed by atoms with van der Waals surface area (Å²) in [6.07, 6.45) is 0. The topological polar surface area (TPSA) is 80.3 Å². The van der Waals surface area contributed by atoms with Gasteiger partial charge < -0.3 is 10.1 Å². The maximum Gasteiger partial charge on any atom is 0.240 e. The zero-order valence-corrected chi connectivity index (χ0v) is 17.3. The van der Waals surface area contributed by atoms with Crippen LogP contribution in [0.2, 0.25) is 0 Å². The normalized spacial score (nSPS) is 11.8. The molecule has 0 amide bonds. The number of ether oxygens (including phenoxy) is 1. The van der Waals surface area contributed by atoms with Gasteiger partial charge in [-0.3, -0.25) is 4.98 Å². The molecule has 3 rings (SSSR count). The highest BCUT2D eigenvalue weighted by Crippen LogP contribution is 2.30. The van der Waals surface area contributed by atoms with Gasteiger partial charge in [0.1, 0.15) is 5.75 Å². The fourth-order valence-electron chi connectivity index (χ4n) is 2.95. The van der Waals surface area contributed by atoms with E-state index in [2.05, 4.69) is 15.0 Å². The average Bonchev–Trinajstić information content (AvgIpc) is 2.62. The maximum atomic E-state index is 12.3. The third kappa shape index (κ3) is 4.61. The summed E-state index contributed by atoms with van der Waals surface area (Å²) in [5.41, 5.74) is 3.43. The minimum atomic E-state index is -3.51. The second kappa shape index (κ2) is 8.16. The van der Waals surface area contributed by atoms with Crippen LogP contribution in [0, 0.1) is 6.92 Å². The highest BCUT2D eigenvalue weighted by atomic mass is 32.2. The van der Waals surface area contributed by atoms with E-state index >= 15 is 0 Å². The van der Waals surface area contributed by atoms with E-state index in [-0.39, 0.29) is 10.9 Å². The smallest absolute Gasteiger partial charge is 0.240 e. The molecule has 0 spiro atoms. The lowest BCUT2D eigenvalue weighted by atomic mass is 10.1. The molecule has 1 aromatic heterocycles. The van der Waals surface area contributed by atoms with Crippen molar-refractivity contribution in [2.75, 3.05) is 11.9 Å². The van der Waals surface area contributed by atoms with Crippen LogP contribution in [0.25, 0.3) is 10.9 Å². The molecule has 7 heteroatoms. The maximum absolute atomic E-state index is 12.3. The number of nitrogens with one attached hydrogen (secondary N) is 2. The van der Waals surface area contributed by atoms with E-state index in [4.69, 9.17) is 4.74 Å². The van der Waals surface area contributed by atoms with Gasteiger partial charge in [0, 0.05) is 28.5 Å². The third-order valence-corrected chi connectivity index (χ3v) is 5.73. The fourth-order valence-corrected chi connectivity index (χ4v) is 4.20. The molecule has 0 aliphatic heterocycles. The molecule has 28 heavy (non-hydrogen) atoms. The van der Waals surface area contributed by atoms with Crippen molar-refractivity contribution >= 4 is 32.3 Å². The van der Waals surface area contributed by atoms with Crippen LogP contribution in [0.3, 0.4) is 0 Å². The van der Waals surface area contributed by atoms with Crippen LogP contribution in [-0.4, -0.2) is 26.1 Å². The number of aromatic nitrogens is 1. The van der Waals surface area contributed by atoms with E-state index in [1.165, 1.54) is 0 Å². The van der Waals surface area contributed by atoms with Crippen LogP contribution in [-0.2, 0) is 10.0 Å². The molecular weight excluding hydrogens is 374 g/mol. The first kappa shape index (κ1) is 20.1. The number of anilines is 2.